The van der Waals surface area contributed by atoms with E-state index in [1.165, 1.54) is 0 Å². The molecule has 0 fully saturated rings. The Balaban J connectivity index is 4.65. The third kappa shape index (κ3) is 8.27. The van der Waals surface area contributed by atoms with Crippen molar-refractivity contribution in [3.05, 3.63) is 12.0 Å². The van der Waals surface area contributed by atoms with Gasteiger partial charge in [0, 0.05) is 7.11 Å². The molecule has 0 rings (SSSR count). The second kappa shape index (κ2) is 8.58. The Labute approximate surface area is 102 Å². The summed E-state index contributed by atoms with van der Waals surface area (Å²) in [4.78, 5) is 7.86. The molecule has 98 valence electrons. The van der Waals surface area contributed by atoms with Gasteiger partial charge in [-0.15, -0.1) is 0 Å². The van der Waals surface area contributed by atoms with E-state index >= 15 is 0 Å². The summed E-state index contributed by atoms with van der Waals surface area (Å²) in [6, 6.07) is 0. The lowest BCUT2D eigenvalue weighted by Gasteiger charge is -2.13. The summed E-state index contributed by atoms with van der Waals surface area (Å²) < 4.78 is 10.5. The molecular formula is C11H22N4O2. The molecule has 6 nitrogen and oxygen atoms in total. The number of aliphatic imine (C=N–C) groups is 2. The minimum Gasteiger partial charge on any atom is -0.472 e. The molecule has 0 aromatic carbocycles. The summed E-state index contributed by atoms with van der Waals surface area (Å²) in [7, 11) is 1.61. The SMILES string of the molecule is CC/C=C(/N=C(N)\N=C(/C)N)OC(C)COC. The zero-order valence-corrected chi connectivity index (χ0v) is 10.9. The molecule has 17 heavy (non-hydrogen) atoms. The van der Waals surface area contributed by atoms with Crippen LogP contribution in [0.4, 0.5) is 0 Å². The monoisotopic (exact) mass is 242 g/mol. The Morgan fingerprint density at radius 3 is 2.47 bits per heavy atom. The lowest BCUT2D eigenvalue weighted by molar-refractivity contribution is 0.0472. The fourth-order valence-electron chi connectivity index (χ4n) is 1.09. The number of guanidine groups is 1. The number of methoxy groups -OCH3 is 1. The third-order valence-electron chi connectivity index (χ3n) is 1.62. The first-order valence-electron chi connectivity index (χ1n) is 5.50. The number of ether oxygens (including phenoxy) is 2. The number of nitrogens with zero attached hydrogens (tertiary/aromatic N) is 2. The summed E-state index contributed by atoms with van der Waals surface area (Å²) in [5.74, 6) is 0.862. The van der Waals surface area contributed by atoms with Crippen molar-refractivity contribution in [1.29, 1.82) is 0 Å². The van der Waals surface area contributed by atoms with E-state index in [4.69, 9.17) is 20.9 Å². The molecule has 0 radical (unpaired) electrons. The molecule has 6 heteroatoms. The fraction of sp³-hybridized carbons (Fsp3) is 0.636. The second-order valence-electron chi connectivity index (χ2n) is 3.56. The smallest absolute Gasteiger partial charge is 0.224 e. The van der Waals surface area contributed by atoms with Crippen LogP contribution in [0.25, 0.3) is 0 Å². The maximum absolute atomic E-state index is 5.59. The highest BCUT2D eigenvalue weighted by Gasteiger charge is 2.05. The normalized spacial score (nSPS) is 15.9. The fourth-order valence-corrected chi connectivity index (χ4v) is 1.09. The molecule has 0 amide bonds. The van der Waals surface area contributed by atoms with E-state index in [9.17, 15) is 0 Å². The predicted molar refractivity (Wildman–Crippen MR) is 69.7 cm³/mol. The average Bonchev–Trinajstić information content (AvgIpc) is 2.16. The van der Waals surface area contributed by atoms with Gasteiger partial charge in [-0.3, -0.25) is 0 Å². The van der Waals surface area contributed by atoms with Gasteiger partial charge in [0.15, 0.2) is 0 Å². The summed E-state index contributed by atoms with van der Waals surface area (Å²) in [5, 5.41) is 0. The Morgan fingerprint density at radius 1 is 1.35 bits per heavy atom. The molecule has 0 bridgehead atoms. The third-order valence-corrected chi connectivity index (χ3v) is 1.62. The van der Waals surface area contributed by atoms with Crippen molar-refractivity contribution in [2.45, 2.75) is 33.3 Å². The lowest BCUT2D eigenvalue weighted by atomic mass is 10.4. The quantitative estimate of drug-likeness (QED) is 0.412. The van der Waals surface area contributed by atoms with Crippen LogP contribution in [-0.2, 0) is 9.47 Å². The Hall–Kier alpha value is -1.56. The minimum atomic E-state index is -0.0997. The molecule has 1 unspecified atom stereocenters. The largest absolute Gasteiger partial charge is 0.472 e. The van der Waals surface area contributed by atoms with Gasteiger partial charge in [-0.25, -0.2) is 4.99 Å². The molecule has 0 aliphatic carbocycles. The maximum atomic E-state index is 5.59. The van der Waals surface area contributed by atoms with Crippen LogP contribution in [-0.4, -0.2) is 31.6 Å². The molecule has 0 saturated carbocycles. The van der Waals surface area contributed by atoms with E-state index in [2.05, 4.69) is 9.98 Å². The Kier molecular flexibility index (Phi) is 7.79. The topological polar surface area (TPSA) is 95.2 Å². The van der Waals surface area contributed by atoms with E-state index in [1.54, 1.807) is 14.0 Å². The van der Waals surface area contributed by atoms with Gasteiger partial charge in [-0.2, -0.15) is 4.99 Å². The van der Waals surface area contributed by atoms with Gasteiger partial charge in [-0.05, 0) is 26.3 Å². The highest BCUT2D eigenvalue weighted by molar-refractivity contribution is 5.93. The number of amidine groups is 1. The maximum Gasteiger partial charge on any atom is 0.224 e. The molecule has 0 spiro atoms. The summed E-state index contributed by atoms with van der Waals surface area (Å²) >= 11 is 0. The zero-order chi connectivity index (χ0) is 13.3. The van der Waals surface area contributed by atoms with Crippen molar-refractivity contribution >= 4 is 11.8 Å². The van der Waals surface area contributed by atoms with E-state index in [0.29, 0.717) is 18.3 Å². The van der Waals surface area contributed by atoms with Crippen LogP contribution < -0.4 is 11.5 Å². The van der Waals surface area contributed by atoms with Crippen LogP contribution in [0.5, 0.6) is 0 Å². The molecule has 0 aliphatic heterocycles. The molecule has 0 saturated heterocycles. The summed E-state index contributed by atoms with van der Waals surface area (Å²) in [5.41, 5.74) is 11.0. The summed E-state index contributed by atoms with van der Waals surface area (Å²) in [6.07, 6.45) is 2.51. The first-order valence-corrected chi connectivity index (χ1v) is 5.50. The first kappa shape index (κ1) is 15.4. The van der Waals surface area contributed by atoms with Crippen LogP contribution in [0.15, 0.2) is 21.9 Å². The number of rotatable bonds is 6. The molecule has 1 atom stereocenters. The van der Waals surface area contributed by atoms with Crippen molar-refractivity contribution in [2.24, 2.45) is 21.5 Å². The number of nitrogens with two attached hydrogens (primary N) is 2. The van der Waals surface area contributed by atoms with Crippen molar-refractivity contribution in [2.75, 3.05) is 13.7 Å². The van der Waals surface area contributed by atoms with E-state index < -0.39 is 0 Å². The van der Waals surface area contributed by atoms with Crippen molar-refractivity contribution in [3.63, 3.8) is 0 Å². The highest BCUT2D eigenvalue weighted by Crippen LogP contribution is 2.06. The van der Waals surface area contributed by atoms with E-state index in [0.717, 1.165) is 6.42 Å². The summed E-state index contributed by atoms with van der Waals surface area (Å²) in [6.45, 7) is 5.99. The van der Waals surface area contributed by atoms with Gasteiger partial charge in [0.1, 0.15) is 6.10 Å². The van der Waals surface area contributed by atoms with Gasteiger partial charge >= 0.3 is 0 Å². The van der Waals surface area contributed by atoms with Crippen molar-refractivity contribution in [1.82, 2.24) is 0 Å². The number of hydrogen-bond acceptors (Lipinski definition) is 3. The van der Waals surface area contributed by atoms with E-state index in [-0.39, 0.29) is 12.1 Å². The molecule has 4 N–H and O–H groups in total. The number of allylic oxidation sites excluding steroid dienone is 1. The standard InChI is InChI=1S/C11H22N4O2/c1-5-6-10(17-8(2)7-16-4)15-11(13)14-9(3)12/h6,8H,5,7H2,1-4H3,(H4,12,13,14,15)/b10-6-. The highest BCUT2D eigenvalue weighted by atomic mass is 16.5. The van der Waals surface area contributed by atoms with Crippen LogP contribution in [0.3, 0.4) is 0 Å². The molecular weight excluding hydrogens is 220 g/mol. The second-order valence-corrected chi connectivity index (χ2v) is 3.56. The van der Waals surface area contributed by atoms with Gasteiger partial charge in [0.05, 0.1) is 12.4 Å². The van der Waals surface area contributed by atoms with Gasteiger partial charge in [-0.1, -0.05) is 6.92 Å². The van der Waals surface area contributed by atoms with Crippen LogP contribution in [0, 0.1) is 0 Å². The van der Waals surface area contributed by atoms with Gasteiger partial charge < -0.3 is 20.9 Å². The first-order chi connectivity index (χ1) is 7.99. The zero-order valence-electron chi connectivity index (χ0n) is 10.9. The van der Waals surface area contributed by atoms with Crippen molar-refractivity contribution in [3.8, 4) is 0 Å². The molecule has 0 aromatic rings. The minimum absolute atomic E-state index is 0.0781. The Morgan fingerprint density at radius 2 is 2.00 bits per heavy atom. The molecule has 0 aromatic heterocycles. The number of hydrogen-bond donors (Lipinski definition) is 2. The molecule has 0 aliphatic rings. The van der Waals surface area contributed by atoms with Gasteiger partial charge in [0.25, 0.3) is 0 Å². The van der Waals surface area contributed by atoms with Gasteiger partial charge in [0.2, 0.25) is 11.8 Å². The predicted octanol–water partition coefficient (Wildman–Crippen LogP) is 0.981. The van der Waals surface area contributed by atoms with Crippen molar-refractivity contribution < 1.29 is 9.47 Å². The van der Waals surface area contributed by atoms with E-state index in [1.807, 2.05) is 19.9 Å². The average molecular weight is 242 g/mol. The Bertz CT molecular complexity index is 307. The van der Waals surface area contributed by atoms with Crippen LogP contribution in [0.1, 0.15) is 27.2 Å². The van der Waals surface area contributed by atoms with Crippen LogP contribution >= 0.6 is 0 Å². The lowest BCUT2D eigenvalue weighted by Crippen LogP contribution is -2.18. The van der Waals surface area contributed by atoms with Crippen LogP contribution in [0.2, 0.25) is 0 Å². The molecule has 0 heterocycles.